The number of ether oxygens (including phenoxy) is 6. The Bertz CT molecular complexity index is 1120. The van der Waals surface area contributed by atoms with Crippen LogP contribution >= 0.6 is 0 Å². The predicted molar refractivity (Wildman–Crippen MR) is 149 cm³/mol. The number of carbonyl (C=O) groups is 2. The first-order chi connectivity index (χ1) is 19.5. The molecule has 8 nitrogen and oxygen atoms in total. The van der Waals surface area contributed by atoms with Crippen LogP contribution in [0, 0.1) is 0 Å². The standard InChI is InChI=1S/C32H38O8/c1-24(33)36-23-30(40-25(2)34)32(39-21-28-17-11-6-12-18-28)31(38-20-27-15-9-5-10-16-27)29(22-35-3)37-19-26-13-7-4-8-14-26/h4-18,29-32H,19-23H2,1-3H3/t29-,30+,31-,32+/m0/s1. The third kappa shape index (κ3) is 10.9. The van der Waals surface area contributed by atoms with Crippen molar-refractivity contribution in [3.05, 3.63) is 108 Å². The smallest absolute Gasteiger partial charge is 0.303 e. The molecule has 0 heterocycles. The number of hydrogen-bond donors (Lipinski definition) is 0. The average Bonchev–Trinajstić information content (AvgIpc) is 2.97. The summed E-state index contributed by atoms with van der Waals surface area (Å²) in [6.07, 6.45) is -3.23. The Morgan fingerprint density at radius 3 is 1.40 bits per heavy atom. The monoisotopic (exact) mass is 550 g/mol. The van der Waals surface area contributed by atoms with Gasteiger partial charge in [-0.2, -0.15) is 0 Å². The van der Waals surface area contributed by atoms with Gasteiger partial charge >= 0.3 is 11.9 Å². The molecule has 214 valence electrons. The Morgan fingerprint density at radius 2 is 1.00 bits per heavy atom. The third-order valence-electron chi connectivity index (χ3n) is 6.03. The normalized spacial score (nSPS) is 14.1. The van der Waals surface area contributed by atoms with Crippen LogP contribution < -0.4 is 0 Å². The first kappa shape index (κ1) is 31.0. The molecular weight excluding hydrogens is 512 g/mol. The maximum atomic E-state index is 12.2. The minimum absolute atomic E-state index is 0.178. The summed E-state index contributed by atoms with van der Waals surface area (Å²) in [7, 11) is 1.58. The minimum atomic E-state index is -0.967. The Hall–Kier alpha value is -3.56. The lowest BCUT2D eigenvalue weighted by atomic mass is 10.0. The average molecular weight is 551 g/mol. The van der Waals surface area contributed by atoms with Crippen LogP contribution in [0.25, 0.3) is 0 Å². The lowest BCUT2D eigenvalue weighted by Gasteiger charge is -2.37. The van der Waals surface area contributed by atoms with E-state index < -0.39 is 36.4 Å². The van der Waals surface area contributed by atoms with E-state index in [4.69, 9.17) is 28.4 Å². The zero-order valence-electron chi connectivity index (χ0n) is 23.3. The first-order valence-electron chi connectivity index (χ1n) is 13.2. The first-order valence-corrected chi connectivity index (χ1v) is 13.2. The van der Waals surface area contributed by atoms with Crippen LogP contribution in [0.3, 0.4) is 0 Å². The fourth-order valence-electron chi connectivity index (χ4n) is 4.15. The maximum Gasteiger partial charge on any atom is 0.303 e. The van der Waals surface area contributed by atoms with Crippen molar-refractivity contribution in [3.63, 3.8) is 0 Å². The van der Waals surface area contributed by atoms with Gasteiger partial charge in [0.2, 0.25) is 0 Å². The molecule has 3 aromatic carbocycles. The molecule has 0 N–H and O–H groups in total. The number of methoxy groups -OCH3 is 1. The quantitative estimate of drug-likeness (QED) is 0.220. The Balaban J connectivity index is 1.96. The highest BCUT2D eigenvalue weighted by atomic mass is 16.6. The van der Waals surface area contributed by atoms with E-state index in [1.807, 2.05) is 91.0 Å². The molecule has 0 aliphatic rings. The van der Waals surface area contributed by atoms with Crippen molar-refractivity contribution in [2.75, 3.05) is 20.3 Å². The second-order valence-corrected chi connectivity index (χ2v) is 9.26. The summed E-state index contributed by atoms with van der Waals surface area (Å²) in [6, 6.07) is 29.1. The summed E-state index contributed by atoms with van der Waals surface area (Å²) in [5.74, 6) is -1.05. The van der Waals surface area contributed by atoms with Gasteiger partial charge in [0.1, 0.15) is 24.9 Å². The molecule has 0 bridgehead atoms. The molecule has 3 aromatic rings. The highest BCUT2D eigenvalue weighted by Gasteiger charge is 2.40. The van der Waals surface area contributed by atoms with Crippen molar-refractivity contribution in [1.82, 2.24) is 0 Å². The zero-order chi connectivity index (χ0) is 28.6. The van der Waals surface area contributed by atoms with Crippen molar-refractivity contribution >= 4 is 11.9 Å². The van der Waals surface area contributed by atoms with E-state index in [0.717, 1.165) is 16.7 Å². The second kappa shape index (κ2) is 17.2. The fourth-order valence-corrected chi connectivity index (χ4v) is 4.15. The van der Waals surface area contributed by atoms with Crippen molar-refractivity contribution in [3.8, 4) is 0 Å². The van der Waals surface area contributed by atoms with Crippen LogP contribution in [0.1, 0.15) is 30.5 Å². The van der Waals surface area contributed by atoms with E-state index >= 15 is 0 Å². The highest BCUT2D eigenvalue weighted by molar-refractivity contribution is 5.67. The topological polar surface area (TPSA) is 89.5 Å². The number of rotatable bonds is 17. The van der Waals surface area contributed by atoms with Gasteiger partial charge in [-0.15, -0.1) is 0 Å². The lowest BCUT2D eigenvalue weighted by Crippen LogP contribution is -2.52. The van der Waals surface area contributed by atoms with Gasteiger partial charge in [-0.1, -0.05) is 91.0 Å². The number of hydrogen-bond acceptors (Lipinski definition) is 8. The molecule has 0 aliphatic carbocycles. The molecule has 0 spiro atoms. The van der Waals surface area contributed by atoms with Crippen LogP contribution in [0.4, 0.5) is 0 Å². The van der Waals surface area contributed by atoms with Gasteiger partial charge in [0.05, 0.1) is 26.4 Å². The van der Waals surface area contributed by atoms with Crippen LogP contribution in [0.2, 0.25) is 0 Å². The summed E-state index contributed by atoms with van der Waals surface area (Å²) in [4.78, 5) is 23.9. The summed E-state index contributed by atoms with van der Waals surface area (Å²) >= 11 is 0. The van der Waals surface area contributed by atoms with E-state index in [1.165, 1.54) is 13.8 Å². The number of carbonyl (C=O) groups excluding carboxylic acids is 2. The van der Waals surface area contributed by atoms with Crippen LogP contribution in [0.5, 0.6) is 0 Å². The van der Waals surface area contributed by atoms with E-state index in [-0.39, 0.29) is 26.4 Å². The Labute approximate surface area is 236 Å². The Morgan fingerprint density at radius 1 is 0.575 bits per heavy atom. The second-order valence-electron chi connectivity index (χ2n) is 9.26. The fraction of sp³-hybridized carbons (Fsp3) is 0.375. The van der Waals surface area contributed by atoms with Crippen LogP contribution in [-0.4, -0.2) is 56.7 Å². The van der Waals surface area contributed by atoms with Crippen molar-refractivity contribution in [1.29, 1.82) is 0 Å². The van der Waals surface area contributed by atoms with Gasteiger partial charge in [0, 0.05) is 21.0 Å². The van der Waals surface area contributed by atoms with E-state index in [9.17, 15) is 9.59 Å². The van der Waals surface area contributed by atoms with Gasteiger partial charge < -0.3 is 28.4 Å². The molecule has 8 heteroatoms. The van der Waals surface area contributed by atoms with E-state index in [2.05, 4.69) is 0 Å². The van der Waals surface area contributed by atoms with E-state index in [0.29, 0.717) is 6.61 Å². The number of benzene rings is 3. The molecular formula is C32H38O8. The summed E-state index contributed by atoms with van der Waals surface area (Å²) in [6.45, 7) is 3.31. The van der Waals surface area contributed by atoms with Gasteiger partial charge in [-0.05, 0) is 16.7 Å². The van der Waals surface area contributed by atoms with Crippen molar-refractivity contribution in [2.45, 2.75) is 58.1 Å². The SMILES string of the molecule is COC[C@H](OCc1ccccc1)[C@H](OCc1ccccc1)[C@H](OCc1ccccc1)[C@@H](COC(C)=O)OC(C)=O. The molecule has 4 atom stereocenters. The van der Waals surface area contributed by atoms with Gasteiger partial charge in [-0.3, -0.25) is 9.59 Å². The molecule has 0 unspecified atom stereocenters. The summed E-state index contributed by atoms with van der Waals surface area (Å²) in [5, 5.41) is 0. The molecule has 40 heavy (non-hydrogen) atoms. The van der Waals surface area contributed by atoms with Gasteiger partial charge in [0.15, 0.2) is 6.10 Å². The van der Waals surface area contributed by atoms with Crippen molar-refractivity contribution in [2.24, 2.45) is 0 Å². The zero-order valence-corrected chi connectivity index (χ0v) is 23.3. The van der Waals surface area contributed by atoms with Crippen molar-refractivity contribution < 1.29 is 38.0 Å². The summed E-state index contributed by atoms with van der Waals surface area (Å²) < 4.78 is 35.8. The molecule has 0 amide bonds. The largest absolute Gasteiger partial charge is 0.462 e. The molecule has 3 rings (SSSR count). The third-order valence-corrected chi connectivity index (χ3v) is 6.03. The minimum Gasteiger partial charge on any atom is -0.462 e. The lowest BCUT2D eigenvalue weighted by molar-refractivity contribution is -0.206. The number of esters is 2. The molecule has 0 aromatic heterocycles. The molecule has 0 radical (unpaired) electrons. The van der Waals surface area contributed by atoms with Gasteiger partial charge in [0.25, 0.3) is 0 Å². The molecule has 0 aliphatic heterocycles. The molecule has 0 fully saturated rings. The molecule has 0 saturated heterocycles. The van der Waals surface area contributed by atoms with Crippen LogP contribution in [-0.2, 0) is 57.8 Å². The van der Waals surface area contributed by atoms with E-state index in [1.54, 1.807) is 7.11 Å². The summed E-state index contributed by atoms with van der Waals surface area (Å²) in [5.41, 5.74) is 2.83. The highest BCUT2D eigenvalue weighted by Crippen LogP contribution is 2.23. The van der Waals surface area contributed by atoms with Gasteiger partial charge in [-0.25, -0.2) is 0 Å². The Kier molecular flexibility index (Phi) is 13.3. The maximum absolute atomic E-state index is 12.2. The van der Waals surface area contributed by atoms with Crippen LogP contribution in [0.15, 0.2) is 91.0 Å². The predicted octanol–water partition coefficient (Wildman–Crippen LogP) is 4.88. The molecule has 0 saturated carbocycles.